The zero-order valence-electron chi connectivity index (χ0n) is 23.8. The fourth-order valence-electron chi connectivity index (χ4n) is 5.63. The quantitative estimate of drug-likeness (QED) is 0.259. The van der Waals surface area contributed by atoms with E-state index in [1.165, 1.54) is 33.7 Å². The normalized spacial score (nSPS) is 17.7. The first-order chi connectivity index (χ1) is 19.8. The number of thiazole rings is 1. The van der Waals surface area contributed by atoms with E-state index >= 15 is 0 Å². The Kier molecular flexibility index (Phi) is 7.58. The molecule has 2 heterocycles. The Balaban J connectivity index is 1.53. The summed E-state index contributed by atoms with van der Waals surface area (Å²) < 4.78 is 3.61. The maximum atomic E-state index is 14.0. The topological polar surface area (TPSA) is 40.8 Å². The molecule has 0 radical (unpaired) electrons. The molecule has 4 aromatic rings. The van der Waals surface area contributed by atoms with Gasteiger partial charge in [0.2, 0.25) is 0 Å². The predicted molar refractivity (Wildman–Crippen MR) is 176 cm³/mol. The summed E-state index contributed by atoms with van der Waals surface area (Å²) in [5, 5.41) is 0. The van der Waals surface area contributed by atoms with Crippen molar-refractivity contribution in [2.45, 2.75) is 25.3 Å². The van der Waals surface area contributed by atoms with Gasteiger partial charge in [0.25, 0.3) is 5.56 Å². The average Bonchev–Trinajstić information content (AvgIpc) is 3.26. The van der Waals surface area contributed by atoms with Crippen LogP contribution in [0.25, 0.3) is 12.2 Å². The van der Waals surface area contributed by atoms with Crippen molar-refractivity contribution >= 4 is 50.8 Å². The Morgan fingerprint density at radius 1 is 0.878 bits per heavy atom. The SMILES string of the molecule is CN(C)c1ccc(/C=C2\CCCC3=C2N=c2s/c(=C\c4cccc(Br)c4)c(=O)n2C3c2ccc(N(C)C)cc2)cc1. The first-order valence-electron chi connectivity index (χ1n) is 13.8. The zero-order chi connectivity index (χ0) is 28.7. The minimum atomic E-state index is -0.179. The Morgan fingerprint density at radius 3 is 2.22 bits per heavy atom. The molecule has 7 heteroatoms. The van der Waals surface area contributed by atoms with Crippen LogP contribution in [0.15, 0.2) is 104 Å². The highest BCUT2D eigenvalue weighted by Gasteiger charge is 2.32. The summed E-state index contributed by atoms with van der Waals surface area (Å²) in [5.41, 5.74) is 9.11. The third-order valence-electron chi connectivity index (χ3n) is 7.76. The van der Waals surface area contributed by atoms with Crippen LogP contribution in [0.2, 0.25) is 0 Å². The standard InChI is InChI=1S/C34H33BrN4OS/c1-37(2)27-15-11-22(12-16-27)19-25-8-6-10-29-31(25)36-34-39(32(29)24-13-17-28(18-14-24)38(3)4)33(40)30(41-34)21-23-7-5-9-26(35)20-23/h5,7,9,11-21,32H,6,8,10H2,1-4H3/b25-19+,30-21-. The van der Waals surface area contributed by atoms with Gasteiger partial charge in [-0.25, -0.2) is 4.99 Å². The maximum absolute atomic E-state index is 14.0. The van der Waals surface area contributed by atoms with Crippen molar-refractivity contribution in [3.63, 3.8) is 0 Å². The number of aromatic nitrogens is 1. The molecule has 5 nitrogen and oxygen atoms in total. The van der Waals surface area contributed by atoms with E-state index in [2.05, 4.69) is 94.4 Å². The van der Waals surface area contributed by atoms with Crippen molar-refractivity contribution in [2.75, 3.05) is 38.0 Å². The van der Waals surface area contributed by atoms with Crippen molar-refractivity contribution in [3.8, 4) is 0 Å². The third-order valence-corrected chi connectivity index (χ3v) is 9.23. The highest BCUT2D eigenvalue weighted by molar-refractivity contribution is 9.10. The molecule has 0 bridgehead atoms. The van der Waals surface area contributed by atoms with Gasteiger partial charge in [0.15, 0.2) is 4.80 Å². The molecule has 0 N–H and O–H groups in total. The van der Waals surface area contributed by atoms with Crippen LogP contribution in [0.3, 0.4) is 0 Å². The van der Waals surface area contributed by atoms with Crippen LogP contribution in [-0.4, -0.2) is 32.8 Å². The molecule has 0 fully saturated rings. The van der Waals surface area contributed by atoms with Crippen molar-refractivity contribution < 1.29 is 0 Å². The number of halogens is 1. The summed E-state index contributed by atoms with van der Waals surface area (Å²) in [6.07, 6.45) is 7.18. The average molecular weight is 626 g/mol. The largest absolute Gasteiger partial charge is 0.378 e. The molecular formula is C34H33BrN4OS. The molecule has 1 atom stereocenters. The van der Waals surface area contributed by atoms with E-state index in [9.17, 15) is 4.79 Å². The van der Waals surface area contributed by atoms with Crippen LogP contribution < -0.4 is 24.7 Å². The van der Waals surface area contributed by atoms with Crippen LogP contribution in [0.5, 0.6) is 0 Å². The molecule has 1 aliphatic carbocycles. The lowest BCUT2D eigenvalue weighted by Gasteiger charge is -2.31. The van der Waals surface area contributed by atoms with Crippen LogP contribution >= 0.6 is 27.3 Å². The second-order valence-electron chi connectivity index (χ2n) is 11.0. The number of fused-ring (bicyclic) bond motifs is 1. The highest BCUT2D eigenvalue weighted by atomic mass is 79.9. The summed E-state index contributed by atoms with van der Waals surface area (Å²) in [7, 11) is 8.20. The van der Waals surface area contributed by atoms with Gasteiger partial charge in [-0.1, -0.05) is 63.7 Å². The van der Waals surface area contributed by atoms with Crippen molar-refractivity contribution in [1.29, 1.82) is 0 Å². The lowest BCUT2D eigenvalue weighted by atomic mass is 9.83. The van der Waals surface area contributed by atoms with E-state index in [-0.39, 0.29) is 11.6 Å². The number of anilines is 2. The van der Waals surface area contributed by atoms with Crippen LogP contribution in [-0.2, 0) is 0 Å². The Hall–Kier alpha value is -3.68. The van der Waals surface area contributed by atoms with E-state index in [0.29, 0.717) is 4.53 Å². The number of benzene rings is 3. The first-order valence-corrected chi connectivity index (χ1v) is 15.5. The number of rotatable bonds is 5. The second-order valence-corrected chi connectivity index (χ2v) is 12.9. The van der Waals surface area contributed by atoms with Crippen molar-refractivity contribution in [3.05, 3.63) is 130 Å². The fraction of sp³-hybridized carbons (Fsp3) is 0.235. The zero-order valence-corrected chi connectivity index (χ0v) is 26.2. The summed E-state index contributed by atoms with van der Waals surface area (Å²) in [6.45, 7) is 0. The van der Waals surface area contributed by atoms with Gasteiger partial charge in [-0.3, -0.25) is 9.36 Å². The summed E-state index contributed by atoms with van der Waals surface area (Å²) >= 11 is 5.03. The highest BCUT2D eigenvalue weighted by Crippen LogP contribution is 2.41. The third kappa shape index (κ3) is 5.48. The fourth-order valence-corrected chi connectivity index (χ4v) is 7.05. The van der Waals surface area contributed by atoms with Gasteiger partial charge in [0, 0.05) is 44.0 Å². The number of nitrogens with zero attached hydrogens (tertiary/aromatic N) is 4. The molecule has 0 amide bonds. The number of hydrogen-bond acceptors (Lipinski definition) is 5. The van der Waals surface area contributed by atoms with Crippen molar-refractivity contribution in [2.24, 2.45) is 4.99 Å². The molecule has 208 valence electrons. The first kappa shape index (κ1) is 27.5. The molecule has 41 heavy (non-hydrogen) atoms. The summed E-state index contributed by atoms with van der Waals surface area (Å²) in [6, 6.07) is 25.1. The lowest BCUT2D eigenvalue weighted by Crippen LogP contribution is -2.39. The van der Waals surface area contributed by atoms with Crippen molar-refractivity contribution in [1.82, 2.24) is 4.57 Å². The van der Waals surface area contributed by atoms with E-state index in [1.807, 2.05) is 49.0 Å². The van der Waals surface area contributed by atoms with Gasteiger partial charge in [-0.15, -0.1) is 0 Å². The molecule has 1 unspecified atom stereocenters. The van der Waals surface area contributed by atoms with E-state index in [1.54, 1.807) is 0 Å². The minimum absolute atomic E-state index is 0.0114. The minimum Gasteiger partial charge on any atom is -0.378 e. The molecule has 0 saturated carbocycles. The summed E-state index contributed by atoms with van der Waals surface area (Å²) in [4.78, 5) is 24.2. The Labute approximate surface area is 253 Å². The second kappa shape index (κ2) is 11.3. The molecule has 0 spiro atoms. The summed E-state index contributed by atoms with van der Waals surface area (Å²) in [5.74, 6) is 0. The van der Waals surface area contributed by atoms with Crippen LogP contribution in [0.1, 0.15) is 42.0 Å². The molecule has 3 aromatic carbocycles. The Morgan fingerprint density at radius 2 is 1.56 bits per heavy atom. The van der Waals surface area contributed by atoms with Gasteiger partial charge in [0.1, 0.15) is 0 Å². The predicted octanol–water partition coefficient (Wildman–Crippen LogP) is 6.38. The van der Waals surface area contributed by atoms with E-state index in [0.717, 1.165) is 51.0 Å². The Bertz CT molecular complexity index is 1840. The maximum Gasteiger partial charge on any atom is 0.271 e. The molecule has 0 saturated heterocycles. The van der Waals surface area contributed by atoms with Gasteiger partial charge in [0.05, 0.1) is 16.3 Å². The molecular weight excluding hydrogens is 592 g/mol. The lowest BCUT2D eigenvalue weighted by molar-refractivity contribution is 0.553. The molecule has 1 aromatic heterocycles. The number of allylic oxidation sites excluding steroid dienone is 2. The van der Waals surface area contributed by atoms with Gasteiger partial charge < -0.3 is 9.80 Å². The molecule has 2 aliphatic rings. The van der Waals surface area contributed by atoms with Gasteiger partial charge in [-0.05, 0) is 95.6 Å². The molecule has 1 aliphatic heterocycles. The molecule has 6 rings (SSSR count). The van der Waals surface area contributed by atoms with Crippen LogP contribution in [0.4, 0.5) is 11.4 Å². The smallest absolute Gasteiger partial charge is 0.271 e. The number of hydrogen-bond donors (Lipinski definition) is 0. The van der Waals surface area contributed by atoms with Crippen LogP contribution in [0, 0.1) is 0 Å². The van der Waals surface area contributed by atoms with Gasteiger partial charge >= 0.3 is 0 Å². The van der Waals surface area contributed by atoms with E-state index < -0.39 is 0 Å². The monoisotopic (exact) mass is 624 g/mol. The van der Waals surface area contributed by atoms with Gasteiger partial charge in [-0.2, -0.15) is 0 Å². The van der Waals surface area contributed by atoms with E-state index in [4.69, 9.17) is 4.99 Å².